The minimum atomic E-state index is -4.12. The molecule has 11 heteroatoms. The normalized spacial score (nSPS) is 11.5. The summed E-state index contributed by atoms with van der Waals surface area (Å²) in [5.74, 6) is -2.40. The minimum absolute atomic E-state index is 0.121. The molecule has 122 valence electrons. The first-order chi connectivity index (χ1) is 10.2. The van der Waals surface area contributed by atoms with Crippen molar-refractivity contribution in [3.63, 3.8) is 0 Å². The van der Waals surface area contributed by atoms with Crippen LogP contribution in [-0.4, -0.2) is 36.6 Å². The first-order valence-corrected chi connectivity index (χ1v) is 7.92. The lowest BCUT2D eigenvalue weighted by Crippen LogP contribution is -2.43. The van der Waals surface area contributed by atoms with Crippen LogP contribution >= 0.6 is 11.6 Å². The van der Waals surface area contributed by atoms with Gasteiger partial charge in [0.1, 0.15) is 5.02 Å². The molecule has 0 saturated heterocycles. The molecule has 0 bridgehead atoms. The lowest BCUT2D eigenvalue weighted by atomic mass is 10.2. The van der Waals surface area contributed by atoms with Crippen LogP contribution < -0.4 is 4.72 Å². The fraction of sp³-hybridized carbons (Fsp3) is 0.364. The van der Waals surface area contributed by atoms with Gasteiger partial charge in [-0.2, -0.15) is 17.1 Å². The van der Waals surface area contributed by atoms with E-state index in [2.05, 4.69) is 0 Å². The minimum Gasteiger partial charge on any atom is -0.268 e. The van der Waals surface area contributed by atoms with Crippen LogP contribution in [0.4, 0.5) is 10.1 Å². The fourth-order valence-electron chi connectivity index (χ4n) is 1.68. The second kappa shape index (κ2) is 6.99. The molecule has 1 N–H and O–H groups in total. The molecule has 0 unspecified atom stereocenters. The first-order valence-electron chi connectivity index (χ1n) is 6.10. The Balaban J connectivity index is 3.21. The van der Waals surface area contributed by atoms with E-state index >= 15 is 0 Å². The quantitative estimate of drug-likeness (QED) is 0.618. The number of hydrogen-bond acceptors (Lipinski definition) is 5. The van der Waals surface area contributed by atoms with Gasteiger partial charge < -0.3 is 0 Å². The molecule has 0 atom stereocenters. The van der Waals surface area contributed by atoms with Crippen LogP contribution in [-0.2, 0) is 10.2 Å². The van der Waals surface area contributed by atoms with Gasteiger partial charge in [-0.25, -0.2) is 4.72 Å². The van der Waals surface area contributed by atoms with Gasteiger partial charge in [-0.05, 0) is 12.1 Å². The van der Waals surface area contributed by atoms with Gasteiger partial charge in [-0.1, -0.05) is 25.4 Å². The zero-order valence-electron chi connectivity index (χ0n) is 11.7. The van der Waals surface area contributed by atoms with Crippen LogP contribution in [0.25, 0.3) is 0 Å². The molecule has 0 aliphatic carbocycles. The molecule has 1 aromatic rings. The van der Waals surface area contributed by atoms with Gasteiger partial charge in [0.15, 0.2) is 0 Å². The Kier molecular flexibility index (Phi) is 5.80. The molecule has 1 aromatic carbocycles. The molecule has 0 fully saturated rings. The van der Waals surface area contributed by atoms with Crippen molar-refractivity contribution in [1.29, 1.82) is 0 Å². The summed E-state index contributed by atoms with van der Waals surface area (Å²) in [6, 6.07) is 1.54. The summed E-state index contributed by atoms with van der Waals surface area (Å²) in [5, 5.41) is 9.96. The van der Waals surface area contributed by atoms with E-state index in [0.717, 1.165) is 10.4 Å². The number of amides is 1. The van der Waals surface area contributed by atoms with Gasteiger partial charge in [0.05, 0.1) is 10.5 Å². The predicted octanol–water partition coefficient (Wildman–Crippen LogP) is 1.70. The van der Waals surface area contributed by atoms with E-state index in [1.54, 1.807) is 18.6 Å². The number of nitro groups is 1. The second-order valence-corrected chi connectivity index (χ2v) is 6.08. The molecule has 0 heterocycles. The maximum absolute atomic E-state index is 13.3. The van der Waals surface area contributed by atoms with Crippen molar-refractivity contribution < 1.29 is 22.5 Å². The van der Waals surface area contributed by atoms with Crippen LogP contribution in [0.15, 0.2) is 12.1 Å². The van der Waals surface area contributed by atoms with Crippen LogP contribution in [0.1, 0.15) is 24.2 Å². The lowest BCUT2D eigenvalue weighted by molar-refractivity contribution is -0.387. The summed E-state index contributed by atoms with van der Waals surface area (Å²) >= 11 is 5.63. The molecule has 22 heavy (non-hydrogen) atoms. The smallest absolute Gasteiger partial charge is 0.268 e. The maximum Gasteiger partial charge on any atom is 0.324 e. The Hall–Kier alpha value is -1.78. The molecule has 0 aliphatic rings. The predicted molar refractivity (Wildman–Crippen MR) is 77.4 cm³/mol. The van der Waals surface area contributed by atoms with Crippen molar-refractivity contribution in [3.8, 4) is 0 Å². The third-order valence-electron chi connectivity index (χ3n) is 2.76. The van der Waals surface area contributed by atoms with Crippen LogP contribution in [0.2, 0.25) is 5.02 Å². The van der Waals surface area contributed by atoms with Gasteiger partial charge in [0, 0.05) is 13.1 Å². The van der Waals surface area contributed by atoms with Gasteiger partial charge in [0.25, 0.3) is 5.91 Å². The highest BCUT2D eigenvalue weighted by molar-refractivity contribution is 7.87. The van der Waals surface area contributed by atoms with E-state index in [1.807, 2.05) is 0 Å². The summed E-state index contributed by atoms with van der Waals surface area (Å²) in [6.45, 7) is 3.39. The van der Waals surface area contributed by atoms with Crippen molar-refractivity contribution in [2.24, 2.45) is 0 Å². The Morgan fingerprint density at radius 3 is 2.41 bits per heavy atom. The number of carbonyl (C=O) groups is 1. The summed E-state index contributed by atoms with van der Waals surface area (Å²) < 4.78 is 39.9. The van der Waals surface area contributed by atoms with Gasteiger partial charge in [0.2, 0.25) is 5.82 Å². The Labute approximate surface area is 131 Å². The average molecular weight is 354 g/mol. The summed E-state index contributed by atoms with van der Waals surface area (Å²) in [6.07, 6.45) is 0. The number of nitrogens with one attached hydrogen (secondary N) is 1. The van der Waals surface area contributed by atoms with Gasteiger partial charge in [-0.3, -0.25) is 14.9 Å². The van der Waals surface area contributed by atoms with E-state index < -0.39 is 43.1 Å². The number of nitrogens with zero attached hydrogens (tertiary/aromatic N) is 2. The maximum atomic E-state index is 13.3. The molecule has 0 radical (unpaired) electrons. The number of halogens is 2. The van der Waals surface area contributed by atoms with E-state index in [9.17, 15) is 27.7 Å². The molecular weight excluding hydrogens is 341 g/mol. The average Bonchev–Trinajstić information content (AvgIpc) is 2.38. The van der Waals surface area contributed by atoms with Crippen molar-refractivity contribution in [1.82, 2.24) is 9.03 Å². The molecule has 8 nitrogen and oxygen atoms in total. The third-order valence-corrected chi connectivity index (χ3v) is 4.78. The van der Waals surface area contributed by atoms with E-state index in [0.29, 0.717) is 6.07 Å². The highest BCUT2D eigenvalue weighted by atomic mass is 35.5. The molecule has 0 spiro atoms. The second-order valence-electron chi connectivity index (χ2n) is 4.04. The topological polar surface area (TPSA) is 110 Å². The number of rotatable bonds is 6. The number of hydrogen-bond donors (Lipinski definition) is 1. The summed E-state index contributed by atoms with van der Waals surface area (Å²) in [7, 11) is -4.12. The van der Waals surface area contributed by atoms with Crippen molar-refractivity contribution in [2.75, 3.05) is 13.1 Å². The third kappa shape index (κ3) is 3.70. The lowest BCUT2D eigenvalue weighted by Gasteiger charge is -2.18. The van der Waals surface area contributed by atoms with Crippen molar-refractivity contribution in [3.05, 3.63) is 38.7 Å². The summed E-state index contributed by atoms with van der Waals surface area (Å²) in [4.78, 5) is 21.6. The largest absolute Gasteiger partial charge is 0.324 e. The molecular formula is C11H13ClFN3O5S. The zero-order valence-corrected chi connectivity index (χ0v) is 13.2. The Morgan fingerprint density at radius 2 is 1.95 bits per heavy atom. The standard InChI is InChI=1S/C11H13ClFN3O5S/c1-3-15(4-2)22(20,21)14-11(17)7-5-6-8(13)10(9(7)12)16(18)19/h5-6H,3-4H2,1-2H3,(H,14,17). The SMILES string of the molecule is CCN(CC)S(=O)(=O)NC(=O)c1ccc(F)c([N+](=O)[O-])c1Cl. The monoisotopic (exact) mass is 353 g/mol. The summed E-state index contributed by atoms with van der Waals surface area (Å²) in [5.41, 5.74) is -1.60. The van der Waals surface area contributed by atoms with Crippen LogP contribution in [0, 0.1) is 15.9 Å². The zero-order chi connectivity index (χ0) is 17.1. The highest BCUT2D eigenvalue weighted by Crippen LogP contribution is 2.30. The van der Waals surface area contributed by atoms with Gasteiger partial charge >= 0.3 is 15.9 Å². The van der Waals surface area contributed by atoms with E-state index in [-0.39, 0.29) is 13.1 Å². The molecule has 0 aliphatic heterocycles. The molecule has 1 amide bonds. The molecule has 0 aromatic heterocycles. The Morgan fingerprint density at radius 1 is 1.41 bits per heavy atom. The van der Waals surface area contributed by atoms with Gasteiger partial charge in [-0.15, -0.1) is 0 Å². The van der Waals surface area contributed by atoms with Crippen molar-refractivity contribution in [2.45, 2.75) is 13.8 Å². The first kappa shape index (κ1) is 18.3. The number of carbonyl (C=O) groups excluding carboxylic acids is 1. The number of benzene rings is 1. The molecule has 1 rings (SSSR count). The fourth-order valence-corrected chi connectivity index (χ4v) is 3.15. The van der Waals surface area contributed by atoms with E-state index in [1.165, 1.54) is 0 Å². The Bertz CT molecular complexity index is 706. The van der Waals surface area contributed by atoms with Crippen LogP contribution in [0.5, 0.6) is 0 Å². The van der Waals surface area contributed by atoms with Crippen LogP contribution in [0.3, 0.4) is 0 Å². The number of nitro benzene ring substituents is 1. The molecule has 0 saturated carbocycles. The van der Waals surface area contributed by atoms with E-state index in [4.69, 9.17) is 11.6 Å². The highest BCUT2D eigenvalue weighted by Gasteiger charge is 2.28. The van der Waals surface area contributed by atoms with Crippen molar-refractivity contribution >= 4 is 33.4 Å².